The molecule has 2 fully saturated rings. The lowest BCUT2D eigenvalue weighted by atomic mass is 10.2. The summed E-state index contributed by atoms with van der Waals surface area (Å²) in [5.74, 6) is -3.61. The van der Waals surface area contributed by atoms with Crippen LogP contribution in [0.25, 0.3) is 21.1 Å². The molecule has 0 atom stereocenters. The van der Waals surface area contributed by atoms with E-state index in [1.807, 2.05) is 0 Å². The monoisotopic (exact) mass is 960 g/mol. The molecule has 2 saturated heterocycles. The van der Waals surface area contributed by atoms with E-state index in [9.17, 15) is 46.0 Å². The largest absolute Gasteiger partial charge is 0.673 e. The Morgan fingerprint density at radius 3 is 1.45 bits per heavy atom. The number of hydrogen-bond acceptors (Lipinski definition) is 12. The number of carbonyl (C=O) groups excluding carboxylic acids is 5. The number of carbonyl (C=O) groups is 6. The van der Waals surface area contributed by atoms with E-state index in [2.05, 4.69) is 9.97 Å². The van der Waals surface area contributed by atoms with Crippen LogP contribution >= 0.6 is 69.1 Å². The van der Waals surface area contributed by atoms with Gasteiger partial charge in [0.2, 0.25) is 0 Å². The summed E-state index contributed by atoms with van der Waals surface area (Å²) in [5, 5.41) is 15.5. The van der Waals surface area contributed by atoms with Crippen LogP contribution in [-0.4, -0.2) is 112 Å². The number of carboxylic acids is 1. The van der Waals surface area contributed by atoms with Crippen LogP contribution in [0.2, 0.25) is 20.1 Å². The van der Waals surface area contributed by atoms with Crippen molar-refractivity contribution < 1.29 is 65.4 Å². The van der Waals surface area contributed by atoms with Crippen molar-refractivity contribution in [2.45, 2.75) is 33.1 Å². The molecule has 60 heavy (non-hydrogen) atoms. The molecule has 0 saturated carbocycles. The second-order valence-corrected chi connectivity index (χ2v) is 15.1. The van der Waals surface area contributed by atoms with Gasteiger partial charge in [-0.1, -0.05) is 83.2 Å². The van der Waals surface area contributed by atoms with Crippen LogP contribution in [0.1, 0.15) is 54.1 Å². The van der Waals surface area contributed by atoms with Crippen LogP contribution in [0.15, 0.2) is 47.2 Å². The number of rotatable bonds is 6. The lowest BCUT2D eigenvalue weighted by Gasteiger charge is -2.16. The summed E-state index contributed by atoms with van der Waals surface area (Å²) in [7, 11) is 1.11. The van der Waals surface area contributed by atoms with E-state index < -0.39 is 31.0 Å². The minimum absolute atomic E-state index is 0. The Kier molecular flexibility index (Phi) is 19.4. The van der Waals surface area contributed by atoms with Gasteiger partial charge in [-0.3, -0.25) is 24.0 Å². The highest BCUT2D eigenvalue weighted by molar-refractivity contribution is 7.13. The number of carboxylic acid groups (broad SMARTS) is 1. The van der Waals surface area contributed by atoms with Crippen LogP contribution in [-0.2, 0) is 28.9 Å². The van der Waals surface area contributed by atoms with E-state index >= 15 is 0 Å². The van der Waals surface area contributed by atoms with Gasteiger partial charge in [-0.25, -0.2) is 29.0 Å². The van der Waals surface area contributed by atoms with Crippen LogP contribution in [0.5, 0.6) is 0 Å². The number of amides is 4. The fourth-order valence-electron chi connectivity index (χ4n) is 4.42. The number of hydrogen-bond donors (Lipinski definition) is 1. The minimum Gasteiger partial charge on any atom is -0.476 e. The lowest BCUT2D eigenvalue weighted by Crippen LogP contribution is -2.41. The van der Waals surface area contributed by atoms with Crippen molar-refractivity contribution in [3.05, 3.63) is 78.6 Å². The van der Waals surface area contributed by atoms with Gasteiger partial charge in [-0.05, 0) is 12.1 Å². The van der Waals surface area contributed by atoms with E-state index in [4.69, 9.17) is 61.2 Å². The number of hydroxylamine groups is 4. The van der Waals surface area contributed by atoms with E-state index in [0.29, 0.717) is 52.3 Å². The Labute approximate surface area is 367 Å². The van der Waals surface area contributed by atoms with Gasteiger partial charge >= 0.3 is 25.2 Å². The Morgan fingerprint density at radius 2 is 1.10 bits per heavy atom. The molecule has 15 nitrogen and oxygen atoms in total. The number of nitrogens with zero attached hydrogens (tertiary/aromatic N) is 6. The first kappa shape index (κ1) is 51.3. The van der Waals surface area contributed by atoms with Crippen LogP contribution in [0, 0.1) is 0 Å². The van der Waals surface area contributed by atoms with E-state index in [0.717, 1.165) is 5.06 Å². The summed E-state index contributed by atoms with van der Waals surface area (Å²) in [6.45, 7) is 0. The third-order valence-corrected chi connectivity index (χ3v) is 10.3. The second-order valence-electron chi connectivity index (χ2n) is 11.8. The molecule has 4 aromatic rings. The van der Waals surface area contributed by atoms with Gasteiger partial charge in [-0.15, -0.1) is 27.7 Å². The van der Waals surface area contributed by atoms with Gasteiger partial charge in [-0.2, -0.15) is 0 Å². The molecule has 0 bridgehead atoms. The highest BCUT2D eigenvalue weighted by Gasteiger charge is 2.35. The first-order valence-corrected chi connectivity index (χ1v) is 19.5. The molecule has 0 aliphatic carbocycles. The number of amidine groups is 1. The molecule has 4 heterocycles. The molecule has 6 rings (SSSR count). The molecule has 2 aliphatic heterocycles. The van der Waals surface area contributed by atoms with E-state index in [1.165, 1.54) is 33.4 Å². The molecule has 0 spiro atoms. The number of halogens is 8. The van der Waals surface area contributed by atoms with Gasteiger partial charge in [0.15, 0.2) is 11.4 Å². The zero-order valence-corrected chi connectivity index (χ0v) is 35.4. The lowest BCUT2D eigenvalue weighted by molar-refractivity contribution is -0.484. The number of aromatic nitrogens is 2. The Morgan fingerprint density at radius 1 is 0.733 bits per heavy atom. The number of thiazole rings is 2. The van der Waals surface area contributed by atoms with Crippen LogP contribution in [0.4, 0.5) is 17.3 Å². The molecule has 2 aromatic carbocycles. The Bertz CT molecular complexity index is 2240. The first-order valence-electron chi connectivity index (χ1n) is 16.2. The van der Waals surface area contributed by atoms with Crippen LogP contribution in [0.3, 0.4) is 0 Å². The minimum atomic E-state index is -6.00. The maximum atomic E-state index is 12.0. The fraction of sp³-hybridized carbons (Fsp3) is 0.265. The molecule has 4 amide bonds. The van der Waals surface area contributed by atoms with Gasteiger partial charge in [0, 0.05) is 47.6 Å². The maximum absolute atomic E-state index is 12.0. The van der Waals surface area contributed by atoms with Crippen LogP contribution < -0.4 is 0 Å². The Balaban J connectivity index is 0.000000299. The average molecular weight is 962 g/mol. The molecule has 26 heteroatoms. The summed E-state index contributed by atoms with van der Waals surface area (Å²) in [6, 6.07) is 10.7. The van der Waals surface area contributed by atoms with Gasteiger partial charge in [0.05, 0.1) is 48.3 Å². The SMILES string of the molecule is C.CN(C)C(ON1C(=O)CCC1=O)=[N+](C)C.F[B-](F)(F)F.O=C(O)c1csc(-c2cccc(Cl)c2Cl)n1.O=C(ON1C(=O)CCC1=O)c1csc(-c2cccc(Cl)c2Cl)n1. The van der Waals surface area contributed by atoms with Crippen molar-refractivity contribution >= 4 is 118 Å². The van der Waals surface area contributed by atoms with Gasteiger partial charge < -0.3 is 27.2 Å². The third kappa shape index (κ3) is 14.7. The summed E-state index contributed by atoms with van der Waals surface area (Å²) in [6.07, 6.45) is 0.527. The zero-order chi connectivity index (χ0) is 44.4. The van der Waals surface area contributed by atoms with Gasteiger partial charge in [0.1, 0.15) is 10.0 Å². The fourth-order valence-corrected chi connectivity index (χ4v) is 6.95. The average Bonchev–Trinajstić information content (AvgIpc) is 3.96. The smallest absolute Gasteiger partial charge is 0.476 e. The summed E-state index contributed by atoms with van der Waals surface area (Å²) in [4.78, 5) is 88.0. The molecule has 1 N–H and O–H groups in total. The highest BCUT2D eigenvalue weighted by Crippen LogP contribution is 2.36. The first-order chi connectivity index (χ1) is 27.5. The maximum Gasteiger partial charge on any atom is 0.673 e. The standard InChI is InChI=1S/C14H8Cl2N2O4S.C10H5Cl2NO2S.C9H16N3O3.CH4.BF4/c15-8-3-1-2-7(12(8)16)13-17-9(6-23-13)14(21)22-18-10(19)4-5-11(18)20;11-6-3-1-2-5(8(6)12)9-13-7(4-16-9)10(14)15;1-10(2)9(11(3)4)15-12-7(13)5-6-8(12)14;;2-1(3,4)5/h1-3,6H,4-5H2;1-4H,(H,14,15);5-6H2,1-4H3;1H4;/q;;+1;;-1. The molecule has 0 unspecified atom stereocenters. The predicted octanol–water partition coefficient (Wildman–Crippen LogP) is 8.35. The van der Waals surface area contributed by atoms with Gasteiger partial charge in [0.25, 0.3) is 23.6 Å². The van der Waals surface area contributed by atoms with E-state index in [-0.39, 0.29) is 56.3 Å². The van der Waals surface area contributed by atoms with Crippen molar-refractivity contribution in [3.63, 3.8) is 0 Å². The highest BCUT2D eigenvalue weighted by atomic mass is 35.5. The molecular weight excluding hydrogens is 929 g/mol. The van der Waals surface area contributed by atoms with Crippen molar-refractivity contribution in [1.29, 1.82) is 0 Å². The number of aromatic carboxylic acids is 1. The normalized spacial score (nSPS) is 13.2. The van der Waals surface area contributed by atoms with Crippen molar-refractivity contribution in [2.24, 2.45) is 0 Å². The molecule has 324 valence electrons. The third-order valence-electron chi connectivity index (χ3n) is 6.92. The molecule has 2 aliphatic rings. The number of benzene rings is 2. The topological polar surface area (TPSA) is 180 Å². The molecule has 2 aromatic heterocycles. The molecule has 0 radical (unpaired) electrons. The summed E-state index contributed by atoms with van der Waals surface area (Å²) < 4.78 is 40.7. The zero-order valence-electron chi connectivity index (χ0n) is 30.8. The Hall–Kier alpha value is -4.87. The summed E-state index contributed by atoms with van der Waals surface area (Å²) in [5.41, 5.74) is 1.22. The van der Waals surface area contributed by atoms with E-state index in [1.54, 1.807) is 74.1 Å². The predicted molar refractivity (Wildman–Crippen MR) is 218 cm³/mol. The van der Waals surface area contributed by atoms with Crippen molar-refractivity contribution in [2.75, 3.05) is 28.2 Å². The second kappa shape index (κ2) is 22.7. The number of imide groups is 2. The van der Waals surface area contributed by atoms with Crippen molar-refractivity contribution in [1.82, 2.24) is 25.0 Å². The summed E-state index contributed by atoms with van der Waals surface area (Å²) >= 11 is 26.3. The van der Waals surface area contributed by atoms with Crippen molar-refractivity contribution in [3.8, 4) is 21.1 Å². The molecular formula is C34H33BCl4F4N6O9S2. The quantitative estimate of drug-likeness (QED) is 0.0488.